The Morgan fingerprint density at radius 2 is 2.18 bits per heavy atom. The summed E-state index contributed by atoms with van der Waals surface area (Å²) < 4.78 is 0. The van der Waals surface area contributed by atoms with Gasteiger partial charge in [-0.1, -0.05) is 38.1 Å². The van der Waals surface area contributed by atoms with Crippen LogP contribution in [0.1, 0.15) is 44.4 Å². The number of rotatable bonds is 3. The first-order valence-corrected chi connectivity index (χ1v) is 6.32. The van der Waals surface area contributed by atoms with Gasteiger partial charge in [0.05, 0.1) is 0 Å². The molecule has 90 valence electrons. The van der Waals surface area contributed by atoms with Gasteiger partial charge in [-0.25, -0.2) is 0 Å². The number of terminal acetylenes is 1. The van der Waals surface area contributed by atoms with Crippen LogP contribution in [-0.4, -0.2) is 6.04 Å². The second-order valence-electron chi connectivity index (χ2n) is 5.77. The smallest absolute Gasteiger partial charge is 0.0380 e. The number of fused-ring (bicyclic) bond motifs is 1. The van der Waals surface area contributed by atoms with Crippen molar-refractivity contribution in [2.24, 2.45) is 5.41 Å². The number of hydrogen-bond donors (Lipinski definition) is 1. The van der Waals surface area contributed by atoms with Crippen LogP contribution in [0.25, 0.3) is 0 Å². The maximum atomic E-state index is 5.38. The molecule has 1 aliphatic carbocycles. The van der Waals surface area contributed by atoms with Crippen molar-refractivity contribution in [3.8, 4) is 12.3 Å². The molecule has 0 saturated carbocycles. The number of hydrogen-bond acceptors (Lipinski definition) is 1. The zero-order valence-corrected chi connectivity index (χ0v) is 11.0. The van der Waals surface area contributed by atoms with Crippen LogP contribution in [0.4, 0.5) is 0 Å². The van der Waals surface area contributed by atoms with Crippen molar-refractivity contribution in [3.05, 3.63) is 35.4 Å². The highest BCUT2D eigenvalue weighted by Crippen LogP contribution is 2.45. The van der Waals surface area contributed by atoms with Crippen molar-refractivity contribution in [2.45, 2.75) is 45.7 Å². The quantitative estimate of drug-likeness (QED) is 0.781. The topological polar surface area (TPSA) is 12.0 Å². The van der Waals surface area contributed by atoms with E-state index in [0.29, 0.717) is 12.1 Å². The second kappa shape index (κ2) is 4.55. The molecule has 2 atom stereocenters. The molecular weight excluding hydrogens is 206 g/mol. The molecule has 2 rings (SSSR count). The summed E-state index contributed by atoms with van der Waals surface area (Å²) in [4.78, 5) is 0. The van der Waals surface area contributed by atoms with E-state index in [1.807, 2.05) is 0 Å². The Labute approximate surface area is 105 Å². The fraction of sp³-hybridized carbons (Fsp3) is 0.500. The van der Waals surface area contributed by atoms with Gasteiger partial charge in [0.2, 0.25) is 0 Å². The lowest BCUT2D eigenvalue weighted by molar-refractivity contribution is 0.252. The lowest BCUT2D eigenvalue weighted by Crippen LogP contribution is -2.36. The molecule has 0 bridgehead atoms. The molecule has 0 fully saturated rings. The summed E-state index contributed by atoms with van der Waals surface area (Å²) in [6.07, 6.45) is 7.30. The highest BCUT2D eigenvalue weighted by molar-refractivity contribution is 5.37. The Kier molecular flexibility index (Phi) is 3.26. The van der Waals surface area contributed by atoms with Crippen LogP contribution in [0.3, 0.4) is 0 Å². The Bertz CT molecular complexity index is 439. The van der Waals surface area contributed by atoms with Crippen molar-refractivity contribution in [1.82, 2.24) is 5.32 Å². The highest BCUT2D eigenvalue weighted by atomic mass is 15.0. The third-order valence-corrected chi connectivity index (χ3v) is 3.67. The fourth-order valence-corrected chi connectivity index (χ4v) is 2.83. The first-order valence-electron chi connectivity index (χ1n) is 6.32. The number of benzene rings is 1. The van der Waals surface area contributed by atoms with E-state index < -0.39 is 0 Å². The van der Waals surface area contributed by atoms with Gasteiger partial charge in [-0.15, -0.1) is 12.3 Å². The molecule has 1 N–H and O–H groups in total. The molecule has 0 spiro atoms. The van der Waals surface area contributed by atoms with Crippen LogP contribution in [0, 0.1) is 17.8 Å². The highest BCUT2D eigenvalue weighted by Gasteiger charge is 2.38. The molecule has 0 aromatic heterocycles. The Morgan fingerprint density at radius 3 is 2.88 bits per heavy atom. The van der Waals surface area contributed by atoms with Crippen LogP contribution in [0.2, 0.25) is 0 Å². The predicted molar refractivity (Wildman–Crippen MR) is 72.7 cm³/mol. The Morgan fingerprint density at radius 1 is 1.47 bits per heavy atom. The third-order valence-electron chi connectivity index (χ3n) is 3.67. The zero-order valence-electron chi connectivity index (χ0n) is 11.0. The minimum atomic E-state index is 0.270. The van der Waals surface area contributed by atoms with E-state index in [1.54, 1.807) is 0 Å². The van der Waals surface area contributed by atoms with Crippen LogP contribution < -0.4 is 5.32 Å². The summed E-state index contributed by atoms with van der Waals surface area (Å²) in [5.74, 6) is 2.73. The minimum Gasteiger partial charge on any atom is -0.306 e. The van der Waals surface area contributed by atoms with Crippen molar-refractivity contribution in [1.29, 1.82) is 0 Å². The molecule has 0 amide bonds. The van der Waals surface area contributed by atoms with Crippen molar-refractivity contribution in [2.75, 3.05) is 0 Å². The third kappa shape index (κ3) is 2.37. The number of nitrogens with one attached hydrogen (secondary N) is 1. The van der Waals surface area contributed by atoms with Crippen molar-refractivity contribution >= 4 is 0 Å². The molecule has 1 nitrogen and oxygen atoms in total. The molecule has 0 saturated heterocycles. The standard InChI is InChI=1S/C16H21N/c1-5-8-12(2)17-15-14-10-7-6-9-13(14)11-16(15,3)4/h1,6-7,9-10,12,15,17H,8,11H2,2-4H3. The lowest BCUT2D eigenvalue weighted by atomic mass is 9.85. The summed E-state index contributed by atoms with van der Waals surface area (Å²) in [6.45, 7) is 6.82. The SMILES string of the molecule is C#CCC(C)NC1c2ccccc2CC1(C)C. The molecule has 1 aliphatic rings. The molecule has 0 radical (unpaired) electrons. The Hall–Kier alpha value is -1.26. The molecule has 1 aromatic carbocycles. The van der Waals surface area contributed by atoms with Gasteiger partial charge >= 0.3 is 0 Å². The monoisotopic (exact) mass is 227 g/mol. The average Bonchev–Trinajstić information content (AvgIpc) is 2.51. The minimum absolute atomic E-state index is 0.270. The van der Waals surface area contributed by atoms with E-state index in [-0.39, 0.29) is 5.41 Å². The largest absolute Gasteiger partial charge is 0.306 e. The molecule has 17 heavy (non-hydrogen) atoms. The first kappa shape index (κ1) is 12.2. The van der Waals surface area contributed by atoms with E-state index in [0.717, 1.165) is 12.8 Å². The molecule has 1 aromatic rings. The van der Waals surface area contributed by atoms with E-state index in [4.69, 9.17) is 6.42 Å². The van der Waals surface area contributed by atoms with Gasteiger partial charge in [-0.2, -0.15) is 0 Å². The molecule has 1 heteroatoms. The first-order chi connectivity index (χ1) is 8.04. The Balaban J connectivity index is 2.23. The lowest BCUT2D eigenvalue weighted by Gasteiger charge is -2.31. The van der Waals surface area contributed by atoms with Crippen molar-refractivity contribution in [3.63, 3.8) is 0 Å². The van der Waals surface area contributed by atoms with Gasteiger partial charge in [0.15, 0.2) is 0 Å². The maximum Gasteiger partial charge on any atom is 0.0380 e. The second-order valence-corrected chi connectivity index (χ2v) is 5.77. The van der Waals surface area contributed by atoms with Gasteiger partial charge in [0, 0.05) is 18.5 Å². The zero-order chi connectivity index (χ0) is 12.5. The van der Waals surface area contributed by atoms with E-state index in [2.05, 4.69) is 56.3 Å². The van der Waals surface area contributed by atoms with Gasteiger partial charge < -0.3 is 5.32 Å². The van der Waals surface area contributed by atoms with E-state index in [9.17, 15) is 0 Å². The van der Waals surface area contributed by atoms with Gasteiger partial charge in [0.25, 0.3) is 0 Å². The summed E-state index contributed by atoms with van der Waals surface area (Å²) in [5.41, 5.74) is 3.19. The molecule has 2 unspecified atom stereocenters. The van der Waals surface area contributed by atoms with E-state index in [1.165, 1.54) is 11.1 Å². The van der Waals surface area contributed by atoms with Gasteiger partial charge in [-0.3, -0.25) is 0 Å². The van der Waals surface area contributed by atoms with Crippen LogP contribution >= 0.6 is 0 Å². The predicted octanol–water partition coefficient (Wildman–Crippen LogP) is 3.31. The molecule has 0 aliphatic heterocycles. The maximum absolute atomic E-state index is 5.38. The molecule has 0 heterocycles. The summed E-state index contributed by atoms with van der Waals surface area (Å²) in [7, 11) is 0. The van der Waals surface area contributed by atoms with Crippen LogP contribution in [-0.2, 0) is 6.42 Å². The van der Waals surface area contributed by atoms with Gasteiger partial charge in [0.1, 0.15) is 0 Å². The van der Waals surface area contributed by atoms with Gasteiger partial charge in [-0.05, 0) is 29.9 Å². The van der Waals surface area contributed by atoms with E-state index >= 15 is 0 Å². The van der Waals surface area contributed by atoms with Crippen LogP contribution in [0.5, 0.6) is 0 Å². The van der Waals surface area contributed by atoms with Crippen molar-refractivity contribution < 1.29 is 0 Å². The summed E-state index contributed by atoms with van der Waals surface area (Å²) >= 11 is 0. The normalized spacial score (nSPS) is 22.8. The average molecular weight is 227 g/mol. The fourth-order valence-electron chi connectivity index (χ4n) is 2.83. The molecular formula is C16H21N. The summed E-state index contributed by atoms with van der Waals surface area (Å²) in [6, 6.07) is 9.52. The van der Waals surface area contributed by atoms with Crippen LogP contribution in [0.15, 0.2) is 24.3 Å². The summed E-state index contributed by atoms with van der Waals surface area (Å²) in [5, 5.41) is 3.68.